The number of rotatable bonds is 4. The topological polar surface area (TPSA) is 61.7 Å². The lowest BCUT2D eigenvalue weighted by Crippen LogP contribution is -2.11. The molecule has 0 saturated carbocycles. The van der Waals surface area contributed by atoms with Crippen LogP contribution in [-0.2, 0) is 19.6 Å². The van der Waals surface area contributed by atoms with Crippen molar-refractivity contribution in [1.82, 2.24) is 19.1 Å². The van der Waals surface area contributed by atoms with Crippen molar-refractivity contribution in [1.29, 1.82) is 0 Å². The maximum Gasteiger partial charge on any atom is 0.122 e. The van der Waals surface area contributed by atoms with Gasteiger partial charge in [-0.15, -0.1) is 0 Å². The number of nitrogens with zero attached hydrogens (tertiary/aromatic N) is 4. The summed E-state index contributed by atoms with van der Waals surface area (Å²) in [4.78, 5) is 8.13. The number of nitrogens with two attached hydrogens (primary N) is 1. The van der Waals surface area contributed by atoms with Crippen LogP contribution in [0, 0.1) is 0 Å². The Labute approximate surface area is 82.2 Å². The first-order chi connectivity index (χ1) is 6.90. The SMILES string of the molecule is NCc1nccn1CCn1ccnc1. The largest absolute Gasteiger partial charge is 0.336 e. The highest BCUT2D eigenvalue weighted by molar-refractivity contribution is 4.91. The van der Waals surface area contributed by atoms with E-state index in [0.717, 1.165) is 18.9 Å². The van der Waals surface area contributed by atoms with Gasteiger partial charge in [0.25, 0.3) is 0 Å². The van der Waals surface area contributed by atoms with Gasteiger partial charge in [-0.25, -0.2) is 9.97 Å². The monoisotopic (exact) mass is 191 g/mol. The Bertz CT molecular complexity index is 376. The van der Waals surface area contributed by atoms with Gasteiger partial charge in [0.05, 0.1) is 12.9 Å². The minimum atomic E-state index is 0.483. The van der Waals surface area contributed by atoms with Gasteiger partial charge in [-0.3, -0.25) is 0 Å². The van der Waals surface area contributed by atoms with Gasteiger partial charge < -0.3 is 14.9 Å². The van der Waals surface area contributed by atoms with Gasteiger partial charge in [0.2, 0.25) is 0 Å². The lowest BCUT2D eigenvalue weighted by Gasteiger charge is -2.06. The molecule has 0 fully saturated rings. The van der Waals surface area contributed by atoms with Crippen LogP contribution in [0.1, 0.15) is 5.82 Å². The Kier molecular flexibility index (Phi) is 2.60. The third-order valence-corrected chi connectivity index (χ3v) is 2.14. The number of hydrogen-bond donors (Lipinski definition) is 1. The quantitative estimate of drug-likeness (QED) is 0.753. The Hall–Kier alpha value is -1.62. The van der Waals surface area contributed by atoms with Gasteiger partial charge in [0, 0.05) is 37.9 Å². The summed E-state index contributed by atoms with van der Waals surface area (Å²) in [5, 5.41) is 0. The molecule has 74 valence electrons. The normalized spacial score (nSPS) is 10.6. The first kappa shape index (κ1) is 8.96. The fraction of sp³-hybridized carbons (Fsp3) is 0.333. The Morgan fingerprint density at radius 3 is 2.86 bits per heavy atom. The van der Waals surface area contributed by atoms with Crippen LogP contribution < -0.4 is 5.73 Å². The van der Waals surface area contributed by atoms with Crippen LogP contribution in [0.4, 0.5) is 0 Å². The van der Waals surface area contributed by atoms with Crippen LogP contribution in [0.5, 0.6) is 0 Å². The zero-order chi connectivity index (χ0) is 9.80. The van der Waals surface area contributed by atoms with Crippen LogP contribution in [0.2, 0.25) is 0 Å². The first-order valence-electron chi connectivity index (χ1n) is 4.56. The van der Waals surface area contributed by atoms with Crippen molar-refractivity contribution < 1.29 is 0 Å². The number of aryl methyl sites for hydroxylation is 2. The number of aromatic nitrogens is 4. The maximum absolute atomic E-state index is 5.54. The molecular formula is C9H13N5. The molecule has 5 nitrogen and oxygen atoms in total. The maximum atomic E-state index is 5.54. The van der Waals surface area contributed by atoms with E-state index in [0.29, 0.717) is 6.54 Å². The van der Waals surface area contributed by atoms with Crippen molar-refractivity contribution in [3.63, 3.8) is 0 Å². The summed E-state index contributed by atoms with van der Waals surface area (Å²) in [6, 6.07) is 0. The highest BCUT2D eigenvalue weighted by Crippen LogP contribution is 1.97. The van der Waals surface area contributed by atoms with E-state index in [1.54, 1.807) is 18.7 Å². The van der Waals surface area contributed by atoms with E-state index in [2.05, 4.69) is 14.5 Å². The number of imidazole rings is 2. The third kappa shape index (κ3) is 1.82. The minimum Gasteiger partial charge on any atom is -0.336 e. The highest BCUT2D eigenvalue weighted by atomic mass is 15.1. The molecule has 2 N–H and O–H groups in total. The average molecular weight is 191 g/mol. The van der Waals surface area contributed by atoms with E-state index in [-0.39, 0.29) is 0 Å². The Morgan fingerprint density at radius 1 is 1.21 bits per heavy atom. The molecule has 0 aromatic carbocycles. The van der Waals surface area contributed by atoms with Crippen LogP contribution in [0.15, 0.2) is 31.1 Å². The van der Waals surface area contributed by atoms with Gasteiger partial charge in [0.15, 0.2) is 0 Å². The summed E-state index contributed by atoms with van der Waals surface area (Å²) in [6.07, 6.45) is 9.24. The zero-order valence-corrected chi connectivity index (χ0v) is 7.87. The smallest absolute Gasteiger partial charge is 0.122 e. The molecule has 2 aromatic heterocycles. The molecule has 2 heterocycles. The van der Waals surface area contributed by atoms with Crippen molar-refractivity contribution >= 4 is 0 Å². The van der Waals surface area contributed by atoms with E-state index in [4.69, 9.17) is 5.73 Å². The Morgan fingerprint density at radius 2 is 2.14 bits per heavy atom. The molecule has 0 unspecified atom stereocenters. The van der Waals surface area contributed by atoms with E-state index in [1.165, 1.54) is 0 Å². The van der Waals surface area contributed by atoms with E-state index in [9.17, 15) is 0 Å². The molecule has 0 saturated heterocycles. The fourth-order valence-corrected chi connectivity index (χ4v) is 1.38. The summed E-state index contributed by atoms with van der Waals surface area (Å²) in [5.41, 5.74) is 5.54. The molecule has 2 aromatic rings. The third-order valence-electron chi connectivity index (χ3n) is 2.14. The average Bonchev–Trinajstić information content (AvgIpc) is 2.85. The molecule has 14 heavy (non-hydrogen) atoms. The van der Waals surface area contributed by atoms with Crippen molar-refractivity contribution in [2.45, 2.75) is 19.6 Å². The van der Waals surface area contributed by atoms with Gasteiger partial charge in [-0.1, -0.05) is 0 Å². The summed E-state index contributed by atoms with van der Waals surface area (Å²) < 4.78 is 4.08. The highest BCUT2D eigenvalue weighted by Gasteiger charge is 1.99. The standard InChI is InChI=1S/C9H13N5/c10-7-9-12-2-4-14(9)6-5-13-3-1-11-8-13/h1-4,8H,5-7,10H2. The van der Waals surface area contributed by atoms with Crippen molar-refractivity contribution in [2.75, 3.05) is 0 Å². The summed E-state index contributed by atoms with van der Waals surface area (Å²) >= 11 is 0. The van der Waals surface area contributed by atoms with E-state index in [1.807, 2.05) is 17.0 Å². The second-order valence-electron chi connectivity index (χ2n) is 3.04. The first-order valence-corrected chi connectivity index (χ1v) is 4.56. The van der Waals surface area contributed by atoms with Gasteiger partial charge >= 0.3 is 0 Å². The number of hydrogen-bond acceptors (Lipinski definition) is 3. The lowest BCUT2D eigenvalue weighted by atomic mass is 10.5. The molecule has 0 radical (unpaired) electrons. The van der Waals surface area contributed by atoms with Crippen molar-refractivity contribution in [2.24, 2.45) is 5.73 Å². The van der Waals surface area contributed by atoms with E-state index < -0.39 is 0 Å². The summed E-state index contributed by atoms with van der Waals surface area (Å²) in [5.74, 6) is 0.921. The molecule has 0 spiro atoms. The predicted molar refractivity (Wildman–Crippen MR) is 52.3 cm³/mol. The van der Waals surface area contributed by atoms with Gasteiger partial charge in [0.1, 0.15) is 5.82 Å². The van der Waals surface area contributed by atoms with Crippen LogP contribution in [0.25, 0.3) is 0 Å². The zero-order valence-electron chi connectivity index (χ0n) is 7.87. The molecule has 0 aliphatic rings. The Balaban J connectivity index is 1.98. The van der Waals surface area contributed by atoms with Crippen LogP contribution in [0.3, 0.4) is 0 Å². The van der Waals surface area contributed by atoms with E-state index >= 15 is 0 Å². The molecule has 0 amide bonds. The minimum absolute atomic E-state index is 0.483. The van der Waals surface area contributed by atoms with Crippen LogP contribution >= 0.6 is 0 Å². The second-order valence-corrected chi connectivity index (χ2v) is 3.04. The second kappa shape index (κ2) is 4.06. The van der Waals surface area contributed by atoms with Crippen molar-refractivity contribution in [3.05, 3.63) is 36.9 Å². The molecule has 0 aliphatic heterocycles. The fourth-order valence-electron chi connectivity index (χ4n) is 1.38. The summed E-state index contributed by atoms with van der Waals surface area (Å²) in [6.45, 7) is 2.25. The van der Waals surface area contributed by atoms with Gasteiger partial charge in [-0.2, -0.15) is 0 Å². The molecule has 0 aliphatic carbocycles. The molecule has 0 atom stereocenters. The molecule has 2 rings (SSSR count). The molecular weight excluding hydrogens is 178 g/mol. The van der Waals surface area contributed by atoms with Gasteiger partial charge in [-0.05, 0) is 0 Å². The molecule has 0 bridgehead atoms. The predicted octanol–water partition coefficient (Wildman–Crippen LogP) is 0.238. The summed E-state index contributed by atoms with van der Waals surface area (Å²) in [7, 11) is 0. The molecule has 5 heteroatoms. The lowest BCUT2D eigenvalue weighted by molar-refractivity contribution is 0.559. The van der Waals surface area contributed by atoms with Crippen molar-refractivity contribution in [3.8, 4) is 0 Å². The van der Waals surface area contributed by atoms with Crippen LogP contribution in [-0.4, -0.2) is 19.1 Å².